The summed E-state index contributed by atoms with van der Waals surface area (Å²) in [5.41, 5.74) is 0.296. The van der Waals surface area contributed by atoms with Crippen molar-refractivity contribution in [3.63, 3.8) is 0 Å². The fourth-order valence-corrected chi connectivity index (χ4v) is 3.67. The van der Waals surface area contributed by atoms with Crippen molar-refractivity contribution in [1.82, 2.24) is 14.7 Å². The van der Waals surface area contributed by atoms with Crippen LogP contribution in [0.2, 0.25) is 0 Å². The van der Waals surface area contributed by atoms with E-state index >= 15 is 0 Å². The summed E-state index contributed by atoms with van der Waals surface area (Å²) in [6, 6.07) is 10.5. The Bertz CT molecular complexity index is 1250. The summed E-state index contributed by atoms with van der Waals surface area (Å²) in [6.07, 6.45) is -0.773. The van der Waals surface area contributed by atoms with Crippen molar-refractivity contribution in [2.75, 3.05) is 11.9 Å². The molecule has 0 atom stereocenters. The second-order valence-corrected chi connectivity index (χ2v) is 7.82. The van der Waals surface area contributed by atoms with Crippen molar-refractivity contribution in [3.8, 4) is 5.75 Å². The zero-order chi connectivity index (χ0) is 23.4. The van der Waals surface area contributed by atoms with Crippen molar-refractivity contribution in [1.29, 1.82) is 0 Å². The van der Waals surface area contributed by atoms with Gasteiger partial charge in [-0.25, -0.2) is 4.98 Å². The fraction of sp³-hybridized carbons (Fsp3) is 0.136. The van der Waals surface area contributed by atoms with Gasteiger partial charge in [0.1, 0.15) is 5.75 Å². The normalized spacial score (nSPS) is 11.4. The predicted octanol–water partition coefficient (Wildman–Crippen LogP) is 4.36. The quantitative estimate of drug-likeness (QED) is 0.417. The van der Waals surface area contributed by atoms with Crippen LogP contribution < -0.4 is 15.4 Å². The molecule has 0 spiro atoms. The third-order valence-electron chi connectivity index (χ3n) is 4.53. The third kappa shape index (κ3) is 5.69. The van der Waals surface area contributed by atoms with E-state index in [1.807, 2.05) is 22.2 Å². The smallest absolute Gasteiger partial charge is 0.416 e. The minimum Gasteiger partial charge on any atom is -0.484 e. The molecule has 7 nitrogen and oxygen atoms in total. The molecule has 0 fully saturated rings. The van der Waals surface area contributed by atoms with E-state index in [0.717, 1.165) is 22.8 Å². The van der Waals surface area contributed by atoms with E-state index in [4.69, 9.17) is 4.74 Å². The van der Waals surface area contributed by atoms with Crippen LogP contribution in [-0.4, -0.2) is 27.8 Å². The van der Waals surface area contributed by atoms with Gasteiger partial charge in [-0.2, -0.15) is 13.2 Å². The van der Waals surface area contributed by atoms with E-state index in [1.165, 1.54) is 35.6 Å². The maximum atomic E-state index is 12.8. The Balaban J connectivity index is 1.26. The lowest BCUT2D eigenvalue weighted by Crippen LogP contribution is -2.23. The van der Waals surface area contributed by atoms with Crippen LogP contribution in [0.1, 0.15) is 21.6 Å². The number of nitrogens with one attached hydrogen (secondary N) is 2. The first-order valence-corrected chi connectivity index (χ1v) is 10.6. The number of benzene rings is 2. The van der Waals surface area contributed by atoms with Crippen molar-refractivity contribution in [2.24, 2.45) is 0 Å². The summed E-state index contributed by atoms with van der Waals surface area (Å²) in [5.74, 6) is -0.573. The van der Waals surface area contributed by atoms with Gasteiger partial charge in [0.15, 0.2) is 11.6 Å². The Morgan fingerprint density at radius 2 is 1.91 bits per heavy atom. The molecule has 11 heteroatoms. The topological polar surface area (TPSA) is 84.7 Å². The van der Waals surface area contributed by atoms with E-state index in [1.54, 1.807) is 12.1 Å². The molecule has 0 aliphatic rings. The Hall–Kier alpha value is -3.86. The van der Waals surface area contributed by atoms with Crippen molar-refractivity contribution >= 4 is 33.8 Å². The molecule has 0 bridgehead atoms. The number of carbonyl (C=O) groups excluding carboxylic acids is 2. The second-order valence-electron chi connectivity index (χ2n) is 6.95. The van der Waals surface area contributed by atoms with Gasteiger partial charge in [0.2, 0.25) is 0 Å². The molecule has 0 saturated carbocycles. The van der Waals surface area contributed by atoms with E-state index in [-0.39, 0.29) is 18.1 Å². The molecule has 2 heterocycles. The minimum absolute atomic E-state index is 0.0167. The first-order chi connectivity index (χ1) is 15.8. The highest BCUT2D eigenvalue weighted by molar-refractivity contribution is 7.15. The summed E-state index contributed by atoms with van der Waals surface area (Å²) in [7, 11) is 0. The Morgan fingerprint density at radius 3 is 2.64 bits per heavy atom. The molecule has 4 rings (SSSR count). The van der Waals surface area contributed by atoms with Crippen LogP contribution >= 0.6 is 11.3 Å². The van der Waals surface area contributed by atoms with Gasteiger partial charge < -0.3 is 15.4 Å². The number of thiazole rings is 1. The van der Waals surface area contributed by atoms with Gasteiger partial charge in [-0.1, -0.05) is 6.07 Å². The highest BCUT2D eigenvalue weighted by atomic mass is 32.1. The molecule has 0 aliphatic carbocycles. The van der Waals surface area contributed by atoms with E-state index in [2.05, 4.69) is 15.6 Å². The van der Waals surface area contributed by atoms with Crippen LogP contribution in [0.3, 0.4) is 0 Å². The van der Waals surface area contributed by atoms with Crippen LogP contribution in [0, 0.1) is 0 Å². The van der Waals surface area contributed by atoms with Gasteiger partial charge in [-0.3, -0.25) is 14.0 Å². The number of carbonyl (C=O) groups is 2. The summed E-state index contributed by atoms with van der Waals surface area (Å²) in [4.78, 5) is 29.6. The van der Waals surface area contributed by atoms with Crippen molar-refractivity contribution in [3.05, 3.63) is 83.1 Å². The molecular formula is C22H17F3N4O3S. The summed E-state index contributed by atoms with van der Waals surface area (Å²) >= 11 is 1.50. The average molecular weight is 474 g/mol. The zero-order valence-electron chi connectivity index (χ0n) is 16.9. The Morgan fingerprint density at radius 1 is 1.12 bits per heavy atom. The van der Waals surface area contributed by atoms with Crippen LogP contribution in [0.4, 0.5) is 18.9 Å². The number of amides is 2. The third-order valence-corrected chi connectivity index (χ3v) is 5.30. The van der Waals surface area contributed by atoms with E-state index in [9.17, 15) is 22.8 Å². The van der Waals surface area contributed by atoms with E-state index in [0.29, 0.717) is 11.3 Å². The maximum Gasteiger partial charge on any atom is 0.416 e. The Kier molecular flexibility index (Phi) is 6.31. The lowest BCUT2D eigenvalue weighted by molar-refractivity contribution is -0.137. The Labute approximate surface area is 189 Å². The van der Waals surface area contributed by atoms with Gasteiger partial charge >= 0.3 is 6.18 Å². The minimum atomic E-state index is -4.50. The first-order valence-electron chi connectivity index (χ1n) is 9.67. The molecular weight excluding hydrogens is 457 g/mol. The average Bonchev–Trinajstić information content (AvgIpc) is 3.38. The van der Waals surface area contributed by atoms with Gasteiger partial charge in [0.05, 0.1) is 17.8 Å². The number of fused-ring (bicyclic) bond motifs is 1. The first kappa shape index (κ1) is 22.3. The van der Waals surface area contributed by atoms with Crippen LogP contribution in [0.25, 0.3) is 4.96 Å². The van der Waals surface area contributed by atoms with Gasteiger partial charge in [-0.05, 0) is 42.5 Å². The molecule has 2 amide bonds. The molecule has 2 aromatic carbocycles. The number of anilines is 1. The maximum absolute atomic E-state index is 12.8. The van der Waals surface area contributed by atoms with Gasteiger partial charge in [-0.15, -0.1) is 11.3 Å². The number of hydrogen-bond donors (Lipinski definition) is 2. The largest absolute Gasteiger partial charge is 0.484 e. The van der Waals surface area contributed by atoms with Crippen molar-refractivity contribution in [2.45, 2.75) is 12.7 Å². The number of ether oxygens (including phenoxy) is 1. The number of rotatable bonds is 7. The van der Waals surface area contributed by atoms with Gasteiger partial charge in [0.25, 0.3) is 11.8 Å². The monoisotopic (exact) mass is 474 g/mol. The molecule has 0 unspecified atom stereocenters. The standard InChI is InChI=1S/C22H17F3N4O3S/c23-22(24,25)15-2-1-3-16(10-15)27-19(30)13-32-18-6-4-14(5-7-18)20(31)26-11-17-12-29-8-9-33-21(29)28-17/h1-10,12H,11,13H2,(H,26,31)(H,27,30). The summed E-state index contributed by atoms with van der Waals surface area (Å²) in [5, 5.41) is 7.06. The number of imidazole rings is 1. The second kappa shape index (κ2) is 9.33. The molecule has 0 radical (unpaired) electrons. The van der Waals surface area contributed by atoms with Crippen LogP contribution in [0.5, 0.6) is 5.75 Å². The molecule has 170 valence electrons. The van der Waals surface area contributed by atoms with E-state index < -0.39 is 24.3 Å². The summed E-state index contributed by atoms with van der Waals surface area (Å²) in [6.45, 7) is -0.125. The molecule has 4 aromatic rings. The summed E-state index contributed by atoms with van der Waals surface area (Å²) < 4.78 is 45.5. The fourth-order valence-electron chi connectivity index (χ4n) is 2.96. The highest BCUT2D eigenvalue weighted by Crippen LogP contribution is 2.30. The van der Waals surface area contributed by atoms with Crippen LogP contribution in [-0.2, 0) is 17.5 Å². The highest BCUT2D eigenvalue weighted by Gasteiger charge is 2.30. The zero-order valence-corrected chi connectivity index (χ0v) is 17.7. The van der Waals surface area contributed by atoms with Crippen LogP contribution in [0.15, 0.2) is 66.3 Å². The molecule has 2 N–H and O–H groups in total. The number of aromatic nitrogens is 2. The molecule has 0 aliphatic heterocycles. The number of nitrogens with zero attached hydrogens (tertiary/aromatic N) is 2. The number of alkyl halides is 3. The molecule has 0 saturated heterocycles. The lowest BCUT2D eigenvalue weighted by atomic mass is 10.2. The lowest BCUT2D eigenvalue weighted by Gasteiger charge is -2.11. The molecule has 33 heavy (non-hydrogen) atoms. The van der Waals surface area contributed by atoms with Crippen molar-refractivity contribution < 1.29 is 27.5 Å². The SMILES string of the molecule is O=C(COc1ccc(C(=O)NCc2cn3ccsc3n2)cc1)Nc1cccc(C(F)(F)F)c1. The van der Waals surface area contributed by atoms with Gasteiger partial charge in [0, 0.05) is 29.0 Å². The number of halogens is 3. The predicted molar refractivity (Wildman–Crippen MR) is 116 cm³/mol. The number of hydrogen-bond acceptors (Lipinski definition) is 5. The molecule has 2 aromatic heterocycles.